The van der Waals surface area contributed by atoms with Gasteiger partial charge in [0.1, 0.15) is 34.6 Å². The van der Waals surface area contributed by atoms with Gasteiger partial charge in [-0.25, -0.2) is 4.79 Å². The molecular weight excluding hydrogens is 785 g/mol. The quantitative estimate of drug-likeness (QED) is 0.0372. The smallest absolute Gasteiger partial charge is 0.346 e. The zero-order valence-corrected chi connectivity index (χ0v) is 37.2. The molecule has 5 aromatic carbocycles. The molecule has 0 spiro atoms. The van der Waals surface area contributed by atoms with Gasteiger partial charge < -0.3 is 29.0 Å². The molecule has 5 aromatic rings. The highest BCUT2D eigenvalue weighted by Gasteiger charge is 2.18. The normalized spacial score (nSPS) is 12.3. The number of hydrogen-bond donors (Lipinski definition) is 1. The molecule has 0 saturated carbocycles. The van der Waals surface area contributed by atoms with E-state index in [1.807, 2.05) is 36.4 Å². The van der Waals surface area contributed by atoms with Gasteiger partial charge in [0.05, 0.1) is 26.4 Å². The molecule has 0 bridgehead atoms. The van der Waals surface area contributed by atoms with Crippen LogP contribution in [0.4, 0.5) is 17.1 Å². The highest BCUT2D eigenvalue weighted by atomic mass is 16.5. The largest absolute Gasteiger partial charge is 0.493 e. The first-order valence-electron chi connectivity index (χ1n) is 22.5. The van der Waals surface area contributed by atoms with Crippen LogP contribution in [0.3, 0.4) is 0 Å². The van der Waals surface area contributed by atoms with E-state index in [1.54, 1.807) is 6.07 Å². The fourth-order valence-corrected chi connectivity index (χ4v) is 7.24. The third kappa shape index (κ3) is 12.4. The molecule has 0 atom stereocenters. The van der Waals surface area contributed by atoms with Crippen molar-refractivity contribution in [2.24, 2.45) is 0 Å². The average molecular weight is 845 g/mol. The molecule has 326 valence electrons. The number of carboxylic acid groups (broad SMARTS) is 1. The topological polar surface area (TPSA) is 101 Å². The lowest BCUT2D eigenvalue weighted by Crippen LogP contribution is -2.10. The Labute approximate surface area is 373 Å². The van der Waals surface area contributed by atoms with E-state index < -0.39 is 5.97 Å². The van der Waals surface area contributed by atoms with Gasteiger partial charge in [-0.2, -0.15) is 5.26 Å². The summed E-state index contributed by atoms with van der Waals surface area (Å²) in [6.45, 7) is 11.3. The molecule has 0 fully saturated rings. The lowest BCUT2D eigenvalue weighted by Gasteiger charge is -2.26. The van der Waals surface area contributed by atoms with E-state index >= 15 is 0 Å². The summed E-state index contributed by atoms with van der Waals surface area (Å²) in [5.41, 5.74) is 9.62. The van der Waals surface area contributed by atoms with E-state index in [0.717, 1.165) is 130 Å². The minimum absolute atomic E-state index is 0.277. The highest BCUT2D eigenvalue weighted by Crippen LogP contribution is 2.41. The van der Waals surface area contributed by atoms with Gasteiger partial charge in [-0.3, -0.25) is 0 Å². The molecule has 63 heavy (non-hydrogen) atoms. The van der Waals surface area contributed by atoms with Crippen molar-refractivity contribution < 1.29 is 28.8 Å². The molecule has 8 nitrogen and oxygen atoms in total. The number of anilines is 3. The van der Waals surface area contributed by atoms with Gasteiger partial charge in [0.25, 0.3) is 0 Å². The van der Waals surface area contributed by atoms with Crippen molar-refractivity contribution in [1.29, 1.82) is 5.26 Å². The number of benzene rings is 5. The number of carboxylic acids is 1. The van der Waals surface area contributed by atoms with Crippen LogP contribution < -0.4 is 23.8 Å². The molecule has 0 heterocycles. The van der Waals surface area contributed by atoms with Gasteiger partial charge >= 0.3 is 5.97 Å². The number of ether oxygens (including phenoxy) is 4. The number of nitriles is 1. The minimum atomic E-state index is -1.23. The van der Waals surface area contributed by atoms with Crippen LogP contribution in [-0.4, -0.2) is 37.5 Å². The molecule has 0 aromatic heterocycles. The zero-order chi connectivity index (χ0) is 44.4. The van der Waals surface area contributed by atoms with Gasteiger partial charge in [-0.15, -0.1) is 0 Å². The second-order valence-electron chi connectivity index (χ2n) is 15.7. The van der Waals surface area contributed by atoms with Crippen LogP contribution in [0.15, 0.2) is 139 Å². The molecule has 8 heteroatoms. The Morgan fingerprint density at radius 3 is 1.40 bits per heavy atom. The third-order valence-corrected chi connectivity index (χ3v) is 10.9. The Bertz CT molecular complexity index is 2300. The van der Waals surface area contributed by atoms with Gasteiger partial charge in [0.2, 0.25) is 0 Å². The van der Waals surface area contributed by atoms with Crippen molar-refractivity contribution in [1.82, 2.24) is 0 Å². The van der Waals surface area contributed by atoms with Crippen molar-refractivity contribution in [3.8, 4) is 51.3 Å². The van der Waals surface area contributed by atoms with E-state index in [4.69, 9.17) is 18.9 Å². The summed E-state index contributed by atoms with van der Waals surface area (Å²) in [6, 6.07) is 39.6. The van der Waals surface area contributed by atoms with Crippen LogP contribution in [0.1, 0.15) is 91.0 Å². The monoisotopic (exact) mass is 844 g/mol. The Hall–Kier alpha value is -6.72. The predicted molar refractivity (Wildman–Crippen MR) is 256 cm³/mol. The molecule has 0 saturated heterocycles. The first-order chi connectivity index (χ1) is 30.8. The first-order valence-corrected chi connectivity index (χ1v) is 22.5. The Balaban J connectivity index is 1.33. The van der Waals surface area contributed by atoms with Crippen LogP contribution >= 0.6 is 0 Å². The number of nitrogens with zero attached hydrogens (tertiary/aromatic N) is 2. The van der Waals surface area contributed by atoms with E-state index in [1.165, 1.54) is 6.08 Å². The summed E-state index contributed by atoms with van der Waals surface area (Å²) in [6.07, 6.45) is 14.0. The number of carbonyl (C=O) groups is 1. The Morgan fingerprint density at radius 2 is 1.00 bits per heavy atom. The molecule has 0 aliphatic heterocycles. The molecule has 6 rings (SSSR count). The molecule has 0 radical (unpaired) electrons. The molecule has 1 aliphatic carbocycles. The van der Waals surface area contributed by atoms with Gasteiger partial charge in [-0.05, 0) is 127 Å². The van der Waals surface area contributed by atoms with Gasteiger partial charge in [0, 0.05) is 40.3 Å². The SMILES string of the molecule is CCCCOc1ccc(-c2ccc(N(c3ccc(C4=CC=C(/C=C(\C#N)C(=O)O)C4)cc3)c3ccc(-c4ccc(OCCCC)cc4OCCCC)cc3)cc2)c(OCCCC)c1. The van der Waals surface area contributed by atoms with Crippen molar-refractivity contribution in [2.75, 3.05) is 31.3 Å². The third-order valence-electron chi connectivity index (χ3n) is 10.9. The lowest BCUT2D eigenvalue weighted by atomic mass is 10.0. The van der Waals surface area contributed by atoms with Gasteiger partial charge in [0.15, 0.2) is 0 Å². The summed E-state index contributed by atoms with van der Waals surface area (Å²) >= 11 is 0. The molecule has 1 N–H and O–H groups in total. The van der Waals surface area contributed by atoms with Crippen molar-refractivity contribution >= 4 is 28.6 Å². The van der Waals surface area contributed by atoms with Crippen LogP contribution in [0, 0.1) is 11.3 Å². The molecule has 1 aliphatic rings. The first kappa shape index (κ1) is 45.8. The summed E-state index contributed by atoms with van der Waals surface area (Å²) < 4.78 is 24.8. The predicted octanol–water partition coefficient (Wildman–Crippen LogP) is 14.5. The van der Waals surface area contributed by atoms with Crippen LogP contribution in [0.25, 0.3) is 27.8 Å². The number of allylic oxidation sites excluding steroid dienone is 5. The number of hydrogen-bond acceptors (Lipinski definition) is 7. The average Bonchev–Trinajstić information content (AvgIpc) is 3.78. The van der Waals surface area contributed by atoms with E-state index in [-0.39, 0.29) is 5.57 Å². The van der Waals surface area contributed by atoms with Crippen LogP contribution in [0.2, 0.25) is 0 Å². The number of aliphatic carboxylic acids is 1. The fraction of sp³-hybridized carbons (Fsp3) is 0.309. The number of unbranched alkanes of at least 4 members (excludes halogenated alkanes) is 4. The van der Waals surface area contributed by atoms with Crippen molar-refractivity contribution in [3.63, 3.8) is 0 Å². The zero-order valence-electron chi connectivity index (χ0n) is 37.2. The molecule has 0 amide bonds. The van der Waals surface area contributed by atoms with Crippen molar-refractivity contribution in [3.05, 3.63) is 144 Å². The van der Waals surface area contributed by atoms with Crippen LogP contribution in [0.5, 0.6) is 23.0 Å². The second-order valence-corrected chi connectivity index (χ2v) is 15.7. The number of rotatable bonds is 24. The fourth-order valence-electron chi connectivity index (χ4n) is 7.24. The summed E-state index contributed by atoms with van der Waals surface area (Å²) in [5, 5.41) is 18.6. The minimum Gasteiger partial charge on any atom is -0.493 e. The lowest BCUT2D eigenvalue weighted by molar-refractivity contribution is -0.132. The molecular formula is C55H60N2O6. The maximum atomic E-state index is 11.5. The summed E-state index contributed by atoms with van der Waals surface area (Å²) in [4.78, 5) is 13.7. The standard InChI is InChI=1S/C55H60N2O6/c1-5-9-31-60-49-27-29-51(53(37-49)62-33-11-7-3)42-17-23-47(24-18-42)57(46-21-15-41(16-22-46)44-14-13-40(35-44)36-45(39-56)55(58)59)48-25-19-43(20-26-48)52-30-28-50(61-32-10-6-2)38-54(52)63-34-12-8-4/h13-30,36-38H,5-12,31-35H2,1-4H3,(H,58,59)/b45-36+. The molecule has 0 unspecified atom stereocenters. The summed E-state index contributed by atoms with van der Waals surface area (Å²) in [5.74, 6) is 2.03. The maximum absolute atomic E-state index is 11.5. The Kier molecular flexibility index (Phi) is 17.1. The van der Waals surface area contributed by atoms with E-state index in [0.29, 0.717) is 32.8 Å². The van der Waals surface area contributed by atoms with E-state index in [9.17, 15) is 15.2 Å². The van der Waals surface area contributed by atoms with Crippen molar-refractivity contribution in [2.45, 2.75) is 85.5 Å². The maximum Gasteiger partial charge on any atom is 0.346 e. The van der Waals surface area contributed by atoms with Crippen LogP contribution in [-0.2, 0) is 4.79 Å². The second kappa shape index (κ2) is 23.5. The Morgan fingerprint density at radius 1 is 0.587 bits per heavy atom. The van der Waals surface area contributed by atoms with Gasteiger partial charge in [-0.1, -0.05) is 102 Å². The summed E-state index contributed by atoms with van der Waals surface area (Å²) in [7, 11) is 0. The highest BCUT2D eigenvalue weighted by molar-refractivity contribution is 5.92. The van der Waals surface area contributed by atoms with E-state index in [2.05, 4.69) is 118 Å².